The summed E-state index contributed by atoms with van der Waals surface area (Å²) in [5, 5.41) is 19.7. The maximum Gasteiger partial charge on any atom is 0.122 e. The van der Waals surface area contributed by atoms with Crippen molar-refractivity contribution in [1.29, 1.82) is 0 Å². The molecule has 2 rings (SSSR count). The van der Waals surface area contributed by atoms with Gasteiger partial charge in [-0.15, -0.1) is 0 Å². The Morgan fingerprint density at radius 2 is 2.10 bits per heavy atom. The minimum absolute atomic E-state index is 0.0548. The van der Waals surface area contributed by atoms with E-state index >= 15 is 0 Å². The molecule has 5 heteroatoms. The molecule has 1 aliphatic rings. The second kappa shape index (κ2) is 7.75. The van der Waals surface area contributed by atoms with Gasteiger partial charge in [0.1, 0.15) is 18.5 Å². The molecule has 0 radical (unpaired) electrons. The number of aliphatic hydroxyl groups is 2. The number of hydrogen-bond acceptors (Lipinski definition) is 5. The summed E-state index contributed by atoms with van der Waals surface area (Å²) in [4.78, 5) is 0. The van der Waals surface area contributed by atoms with Gasteiger partial charge in [-0.05, 0) is 31.4 Å². The van der Waals surface area contributed by atoms with Crippen LogP contribution >= 0.6 is 0 Å². The van der Waals surface area contributed by atoms with Crippen LogP contribution in [0, 0.1) is 0 Å². The molecule has 0 aromatic heterocycles. The summed E-state index contributed by atoms with van der Waals surface area (Å²) in [6, 6.07) is 5.66. The largest absolute Gasteiger partial charge is 0.491 e. The number of benzene rings is 1. The van der Waals surface area contributed by atoms with E-state index in [1.54, 1.807) is 7.11 Å². The summed E-state index contributed by atoms with van der Waals surface area (Å²) in [5.74, 6) is 0.744. The predicted molar refractivity (Wildman–Crippen MR) is 78.5 cm³/mol. The monoisotopic (exact) mass is 296 g/mol. The lowest BCUT2D eigenvalue weighted by molar-refractivity contribution is -0.0423. The van der Waals surface area contributed by atoms with E-state index in [1.165, 1.54) is 0 Å². The molecule has 0 bridgehead atoms. The van der Waals surface area contributed by atoms with Crippen molar-refractivity contribution in [3.8, 4) is 5.75 Å². The molecule has 1 aromatic rings. The molecule has 3 unspecified atom stereocenters. The van der Waals surface area contributed by atoms with Crippen molar-refractivity contribution in [2.45, 2.75) is 38.1 Å². The third-order valence-corrected chi connectivity index (χ3v) is 3.60. The first-order valence-electron chi connectivity index (χ1n) is 7.33. The highest BCUT2D eigenvalue weighted by atomic mass is 16.5. The molecule has 5 nitrogen and oxygen atoms in total. The van der Waals surface area contributed by atoms with Gasteiger partial charge in [-0.3, -0.25) is 0 Å². The van der Waals surface area contributed by atoms with Gasteiger partial charge in [-0.2, -0.15) is 0 Å². The van der Waals surface area contributed by atoms with E-state index in [0.717, 1.165) is 29.7 Å². The number of fused-ring (bicyclic) bond motifs is 1. The highest BCUT2D eigenvalue weighted by molar-refractivity contribution is 5.44. The fourth-order valence-corrected chi connectivity index (χ4v) is 2.53. The molecule has 118 valence electrons. The van der Waals surface area contributed by atoms with Crippen LogP contribution in [-0.2, 0) is 15.9 Å². The van der Waals surface area contributed by atoms with Crippen LogP contribution in [0.4, 0.5) is 0 Å². The van der Waals surface area contributed by atoms with Gasteiger partial charge >= 0.3 is 0 Å². The van der Waals surface area contributed by atoms with Crippen LogP contribution in [0.1, 0.15) is 30.6 Å². The number of hydrogen-bond donors (Lipinski definition) is 2. The molecule has 0 fully saturated rings. The summed E-state index contributed by atoms with van der Waals surface area (Å²) in [7, 11) is 1.61. The maximum absolute atomic E-state index is 9.89. The molecule has 3 atom stereocenters. The number of ether oxygens (including phenoxy) is 3. The zero-order valence-corrected chi connectivity index (χ0v) is 12.6. The lowest BCUT2D eigenvalue weighted by Crippen LogP contribution is -2.27. The Balaban J connectivity index is 1.81. The third kappa shape index (κ3) is 4.41. The van der Waals surface area contributed by atoms with Crippen LogP contribution in [0.25, 0.3) is 0 Å². The van der Waals surface area contributed by atoms with Crippen molar-refractivity contribution in [2.24, 2.45) is 0 Å². The van der Waals surface area contributed by atoms with Crippen LogP contribution in [0.5, 0.6) is 5.75 Å². The Morgan fingerprint density at radius 3 is 2.86 bits per heavy atom. The first kappa shape index (κ1) is 16.2. The number of methoxy groups -OCH3 is 1. The molecular weight excluding hydrogens is 272 g/mol. The van der Waals surface area contributed by atoms with Crippen molar-refractivity contribution >= 4 is 0 Å². The third-order valence-electron chi connectivity index (χ3n) is 3.60. The van der Waals surface area contributed by atoms with Crippen molar-refractivity contribution < 1.29 is 24.4 Å². The Bertz CT molecular complexity index is 448. The zero-order valence-electron chi connectivity index (χ0n) is 12.6. The molecule has 21 heavy (non-hydrogen) atoms. The molecule has 0 spiro atoms. The molecule has 1 aromatic carbocycles. The second-order valence-electron chi connectivity index (χ2n) is 5.44. The molecule has 0 heterocycles. The highest BCUT2D eigenvalue weighted by Crippen LogP contribution is 2.36. The molecule has 0 amide bonds. The Labute approximate surface area is 125 Å². The van der Waals surface area contributed by atoms with Crippen molar-refractivity contribution in [1.82, 2.24) is 0 Å². The summed E-state index contributed by atoms with van der Waals surface area (Å²) in [6.07, 6.45) is 0.402. The minimum Gasteiger partial charge on any atom is -0.491 e. The van der Waals surface area contributed by atoms with E-state index in [0.29, 0.717) is 6.61 Å². The second-order valence-corrected chi connectivity index (χ2v) is 5.44. The van der Waals surface area contributed by atoms with Crippen LogP contribution in [0.3, 0.4) is 0 Å². The van der Waals surface area contributed by atoms with Gasteiger partial charge in [0.05, 0.1) is 25.4 Å². The van der Waals surface area contributed by atoms with Crippen LogP contribution in [-0.4, -0.2) is 49.4 Å². The van der Waals surface area contributed by atoms with E-state index in [-0.39, 0.29) is 19.3 Å². The maximum atomic E-state index is 9.89. The number of rotatable bonds is 8. The van der Waals surface area contributed by atoms with Gasteiger partial charge < -0.3 is 24.4 Å². The lowest BCUT2D eigenvalue weighted by atomic mass is 10.1. The van der Waals surface area contributed by atoms with E-state index in [1.807, 2.05) is 25.1 Å². The van der Waals surface area contributed by atoms with Crippen LogP contribution < -0.4 is 4.74 Å². The highest BCUT2D eigenvalue weighted by Gasteiger charge is 2.23. The first-order chi connectivity index (χ1) is 10.1. The van der Waals surface area contributed by atoms with Crippen molar-refractivity contribution in [2.75, 3.05) is 26.9 Å². The fraction of sp³-hybridized carbons (Fsp3) is 0.625. The van der Waals surface area contributed by atoms with Crippen molar-refractivity contribution in [3.63, 3.8) is 0 Å². The fourth-order valence-electron chi connectivity index (χ4n) is 2.53. The van der Waals surface area contributed by atoms with E-state index < -0.39 is 12.2 Å². The van der Waals surface area contributed by atoms with Gasteiger partial charge in [0.25, 0.3) is 0 Å². The summed E-state index contributed by atoms with van der Waals surface area (Å²) in [5.41, 5.74) is 1.98. The van der Waals surface area contributed by atoms with Gasteiger partial charge in [-0.25, -0.2) is 0 Å². The van der Waals surface area contributed by atoms with Gasteiger partial charge in [-0.1, -0.05) is 12.1 Å². The van der Waals surface area contributed by atoms with Gasteiger partial charge in [0.15, 0.2) is 0 Å². The van der Waals surface area contributed by atoms with Gasteiger partial charge in [0, 0.05) is 12.7 Å². The summed E-state index contributed by atoms with van der Waals surface area (Å²) in [6.45, 7) is 2.77. The van der Waals surface area contributed by atoms with Crippen LogP contribution in [0.15, 0.2) is 18.2 Å². The van der Waals surface area contributed by atoms with E-state index in [4.69, 9.17) is 14.2 Å². The van der Waals surface area contributed by atoms with Gasteiger partial charge in [0.2, 0.25) is 0 Å². The first-order valence-corrected chi connectivity index (χ1v) is 7.33. The zero-order chi connectivity index (χ0) is 15.2. The standard InChI is InChI=1S/C16H24O5/c1-11(8-19-2)20-9-12(17)10-21-16-5-3-4-13-14(16)6-7-15(13)18/h3-5,11-12,15,17-18H,6-10H2,1-2H3. The molecule has 2 N–H and O–H groups in total. The molecular formula is C16H24O5. The summed E-state index contributed by atoms with van der Waals surface area (Å²) >= 11 is 0. The lowest BCUT2D eigenvalue weighted by Gasteiger charge is -2.17. The smallest absolute Gasteiger partial charge is 0.122 e. The predicted octanol–water partition coefficient (Wildman–Crippen LogP) is 1.46. The number of aliphatic hydroxyl groups excluding tert-OH is 2. The van der Waals surface area contributed by atoms with E-state index in [2.05, 4.69) is 0 Å². The molecule has 0 saturated heterocycles. The Kier molecular flexibility index (Phi) is 5.99. The normalized spacial score (nSPS) is 20.1. The quantitative estimate of drug-likeness (QED) is 0.760. The minimum atomic E-state index is -0.688. The average molecular weight is 296 g/mol. The van der Waals surface area contributed by atoms with Crippen LogP contribution in [0.2, 0.25) is 0 Å². The topological polar surface area (TPSA) is 68.2 Å². The SMILES string of the molecule is COCC(C)OCC(O)COc1cccc2c1CCC2O. The molecule has 0 aliphatic heterocycles. The average Bonchev–Trinajstić information content (AvgIpc) is 2.85. The molecule has 0 saturated carbocycles. The molecule has 1 aliphatic carbocycles. The van der Waals surface area contributed by atoms with E-state index in [9.17, 15) is 10.2 Å². The van der Waals surface area contributed by atoms with Crippen molar-refractivity contribution in [3.05, 3.63) is 29.3 Å². The summed E-state index contributed by atoms with van der Waals surface area (Å²) < 4.78 is 16.1. The Hall–Kier alpha value is -1.14. The Morgan fingerprint density at radius 1 is 1.29 bits per heavy atom.